The number of halogens is 1. The molecule has 0 aliphatic rings. The molecule has 3 aromatic rings. The highest BCUT2D eigenvalue weighted by Gasteiger charge is 2.26. The monoisotopic (exact) mass is 667 g/mol. The van der Waals surface area contributed by atoms with Crippen molar-refractivity contribution < 1.29 is 32.3 Å². The van der Waals surface area contributed by atoms with E-state index in [4.69, 9.17) is 21.1 Å². The van der Waals surface area contributed by atoms with Crippen LogP contribution >= 0.6 is 11.6 Å². The first-order chi connectivity index (χ1) is 21.2. The summed E-state index contributed by atoms with van der Waals surface area (Å²) in [5, 5.41) is 10.7. The Morgan fingerprint density at radius 3 is 2.13 bits per heavy atom. The molecule has 45 heavy (non-hydrogen) atoms. The Bertz CT molecular complexity index is 1590. The number of ether oxygens (including phenoxy) is 2. The highest BCUT2D eigenvalue weighted by Crippen LogP contribution is 2.22. The van der Waals surface area contributed by atoms with Crippen LogP contribution in [0.4, 0.5) is 28.3 Å². The van der Waals surface area contributed by atoms with Gasteiger partial charge in [0.05, 0.1) is 25.8 Å². The molecule has 20 heteroatoms. The van der Waals surface area contributed by atoms with Gasteiger partial charge in [0.1, 0.15) is 4.90 Å². The Kier molecular flexibility index (Phi) is 13.4. The molecule has 0 aliphatic heterocycles. The normalized spacial score (nSPS) is 10.5. The SMILES string of the molecule is CCNc1nc(Cl)nc(NC(C)C)n1.COc1cc(OC)nc(NC(=O)NS(=O)(=O)c2cc(NC=O)ccc2C(=O)N(C)C)n1. The summed E-state index contributed by atoms with van der Waals surface area (Å²) in [5.41, 5.74) is -0.104. The number of rotatable bonds is 12. The number of urea groups is 1. The largest absolute Gasteiger partial charge is 0.481 e. The number of sulfonamides is 1. The molecule has 0 fully saturated rings. The predicted molar refractivity (Wildman–Crippen MR) is 166 cm³/mol. The van der Waals surface area contributed by atoms with Crippen molar-refractivity contribution in [2.75, 3.05) is 56.1 Å². The average Bonchev–Trinajstić information content (AvgIpc) is 2.96. The number of benzene rings is 1. The molecule has 18 nitrogen and oxygen atoms in total. The van der Waals surface area contributed by atoms with Crippen LogP contribution in [0.3, 0.4) is 0 Å². The smallest absolute Gasteiger partial charge is 0.335 e. The minimum Gasteiger partial charge on any atom is -0.481 e. The minimum atomic E-state index is -4.54. The summed E-state index contributed by atoms with van der Waals surface area (Å²) >= 11 is 5.73. The number of methoxy groups -OCH3 is 2. The Hall–Kier alpha value is -5.04. The van der Waals surface area contributed by atoms with Gasteiger partial charge in [0, 0.05) is 32.4 Å². The molecule has 1 aromatic carbocycles. The number of anilines is 4. The van der Waals surface area contributed by atoms with Crippen LogP contribution in [0.2, 0.25) is 5.28 Å². The fourth-order valence-corrected chi connectivity index (χ4v) is 4.50. The van der Waals surface area contributed by atoms with Crippen LogP contribution < -0.4 is 35.5 Å². The molecule has 3 rings (SSSR count). The maximum Gasteiger partial charge on any atom is 0.335 e. The van der Waals surface area contributed by atoms with Gasteiger partial charge >= 0.3 is 6.03 Å². The van der Waals surface area contributed by atoms with E-state index in [1.807, 2.05) is 20.8 Å². The zero-order valence-corrected chi connectivity index (χ0v) is 27.1. The molecular formula is C25H34ClN11O7S. The van der Waals surface area contributed by atoms with Crippen molar-refractivity contribution in [3.05, 3.63) is 35.1 Å². The summed E-state index contributed by atoms with van der Waals surface area (Å²) in [5.74, 6) is 0.212. The predicted octanol–water partition coefficient (Wildman–Crippen LogP) is 2.05. The number of nitrogens with one attached hydrogen (secondary N) is 5. The molecule has 244 valence electrons. The van der Waals surface area contributed by atoms with Gasteiger partial charge in [-0.15, -0.1) is 0 Å². The molecule has 4 amide bonds. The lowest BCUT2D eigenvalue weighted by molar-refractivity contribution is -0.105. The van der Waals surface area contributed by atoms with Crippen LogP contribution in [0, 0.1) is 0 Å². The van der Waals surface area contributed by atoms with E-state index in [2.05, 4.69) is 46.2 Å². The Labute approximate surface area is 264 Å². The third-order valence-corrected chi connectivity index (χ3v) is 6.58. The third kappa shape index (κ3) is 11.2. The van der Waals surface area contributed by atoms with Crippen LogP contribution in [0.5, 0.6) is 11.8 Å². The zero-order valence-electron chi connectivity index (χ0n) is 25.5. The van der Waals surface area contributed by atoms with Crippen molar-refractivity contribution in [3.8, 4) is 11.8 Å². The van der Waals surface area contributed by atoms with Gasteiger partial charge in [0.2, 0.25) is 41.3 Å². The van der Waals surface area contributed by atoms with Gasteiger partial charge in [0.15, 0.2) is 0 Å². The summed E-state index contributed by atoms with van der Waals surface area (Å²) in [7, 11) is 0.991. The molecule has 0 spiro atoms. The second kappa shape index (κ2) is 16.7. The van der Waals surface area contributed by atoms with Crippen LogP contribution in [-0.2, 0) is 14.8 Å². The van der Waals surface area contributed by atoms with Crippen LogP contribution in [0.25, 0.3) is 0 Å². The van der Waals surface area contributed by atoms with Crippen molar-refractivity contribution in [2.45, 2.75) is 31.7 Å². The molecular weight excluding hydrogens is 634 g/mol. The van der Waals surface area contributed by atoms with Gasteiger partial charge in [0.25, 0.3) is 15.9 Å². The standard InChI is InChI=1S/C17H20N6O7S.C8H14ClN5/c1-23(2)15(25)11-6-5-10(18-9-24)7-12(11)31(27,28)22-17(26)21-16-19-13(29-3)8-14(20-16)30-4;1-4-10-7-12-6(9)13-8(14-7)11-5(2)3/h5-9H,1-4H3,(H,18,24)(H2,19,20,21,22,26);5H,4H2,1-3H3,(H2,10,11,12,13,14). The van der Waals surface area contributed by atoms with Crippen LogP contribution in [0.1, 0.15) is 31.1 Å². The number of aromatic nitrogens is 5. The van der Waals surface area contributed by atoms with E-state index < -0.39 is 26.9 Å². The molecule has 0 saturated carbocycles. The number of amides is 4. The number of hydrogen-bond acceptors (Lipinski definition) is 14. The molecule has 2 heterocycles. The first-order valence-corrected chi connectivity index (χ1v) is 14.9. The van der Waals surface area contributed by atoms with Crippen molar-refractivity contribution >= 4 is 63.5 Å². The number of nitrogens with zero attached hydrogens (tertiary/aromatic N) is 6. The second-order valence-corrected chi connectivity index (χ2v) is 11.1. The van der Waals surface area contributed by atoms with E-state index in [9.17, 15) is 22.8 Å². The summed E-state index contributed by atoms with van der Waals surface area (Å²) < 4.78 is 37.3. The Balaban J connectivity index is 0.000000420. The molecule has 0 aliphatic carbocycles. The highest BCUT2D eigenvalue weighted by atomic mass is 35.5. The highest BCUT2D eigenvalue weighted by molar-refractivity contribution is 7.90. The molecule has 0 bridgehead atoms. The Morgan fingerprint density at radius 2 is 1.60 bits per heavy atom. The summed E-state index contributed by atoms with van der Waals surface area (Å²) in [6.07, 6.45) is 0.340. The average molecular weight is 668 g/mol. The molecule has 5 N–H and O–H groups in total. The topological polar surface area (TPSA) is 232 Å². The second-order valence-electron chi connectivity index (χ2n) is 9.09. The lowest BCUT2D eigenvalue weighted by Gasteiger charge is -2.16. The number of hydrogen-bond donors (Lipinski definition) is 5. The van der Waals surface area contributed by atoms with E-state index in [-0.39, 0.29) is 40.3 Å². The third-order valence-electron chi connectivity index (χ3n) is 5.04. The van der Waals surface area contributed by atoms with E-state index in [1.54, 1.807) is 4.72 Å². The lowest BCUT2D eigenvalue weighted by atomic mass is 10.2. The van der Waals surface area contributed by atoms with Gasteiger partial charge in [-0.05, 0) is 50.6 Å². The summed E-state index contributed by atoms with van der Waals surface area (Å²) in [4.78, 5) is 55.8. The van der Waals surface area contributed by atoms with Crippen molar-refractivity contribution in [3.63, 3.8) is 0 Å². The van der Waals surface area contributed by atoms with E-state index in [0.717, 1.165) is 17.5 Å². The van der Waals surface area contributed by atoms with E-state index >= 15 is 0 Å². The fourth-order valence-electron chi connectivity index (χ4n) is 3.20. The maximum atomic E-state index is 12.8. The van der Waals surface area contributed by atoms with Gasteiger partial charge < -0.3 is 30.3 Å². The first-order valence-electron chi connectivity index (χ1n) is 13.0. The van der Waals surface area contributed by atoms with Crippen molar-refractivity contribution in [1.29, 1.82) is 0 Å². The quantitative estimate of drug-likeness (QED) is 0.174. The number of carbonyl (C=O) groups excluding carboxylic acids is 3. The summed E-state index contributed by atoms with van der Waals surface area (Å²) in [6.45, 7) is 6.73. The van der Waals surface area contributed by atoms with Crippen molar-refractivity contribution in [2.24, 2.45) is 0 Å². The molecule has 2 aromatic heterocycles. The van der Waals surface area contributed by atoms with Gasteiger partial charge in [-0.3, -0.25) is 14.9 Å². The first kappa shape index (κ1) is 36.2. The van der Waals surface area contributed by atoms with Gasteiger partial charge in [-0.2, -0.15) is 24.9 Å². The molecule has 0 unspecified atom stereocenters. The fraction of sp³-hybridized carbons (Fsp3) is 0.360. The number of carbonyl (C=O) groups is 3. The van der Waals surface area contributed by atoms with Crippen LogP contribution in [0.15, 0.2) is 29.2 Å². The summed E-state index contributed by atoms with van der Waals surface area (Å²) in [6, 6.07) is 4.03. The Morgan fingerprint density at radius 1 is 0.978 bits per heavy atom. The minimum absolute atomic E-state index is 0.0662. The zero-order chi connectivity index (χ0) is 33.7. The molecule has 0 radical (unpaired) electrons. The van der Waals surface area contributed by atoms with Crippen molar-refractivity contribution in [1.82, 2.24) is 34.5 Å². The van der Waals surface area contributed by atoms with E-state index in [0.29, 0.717) is 18.3 Å². The maximum absolute atomic E-state index is 12.8. The lowest BCUT2D eigenvalue weighted by Crippen LogP contribution is -2.36. The van der Waals surface area contributed by atoms with Gasteiger partial charge in [-0.1, -0.05) is 0 Å². The molecule has 0 atom stereocenters. The molecule has 0 saturated heterocycles. The van der Waals surface area contributed by atoms with Crippen LogP contribution in [-0.4, -0.2) is 97.5 Å². The van der Waals surface area contributed by atoms with E-state index in [1.165, 1.54) is 46.5 Å². The van der Waals surface area contributed by atoms with Gasteiger partial charge in [-0.25, -0.2) is 17.9 Å².